The van der Waals surface area contributed by atoms with Crippen LogP contribution in [0.15, 0.2) is 18.2 Å². The fourth-order valence-electron chi connectivity index (χ4n) is 1.69. The number of esters is 1. The third-order valence-corrected chi connectivity index (χ3v) is 3.65. The Bertz CT molecular complexity index is 643. The molecule has 1 aromatic rings. The van der Waals surface area contributed by atoms with Crippen LogP contribution in [0.3, 0.4) is 0 Å². The van der Waals surface area contributed by atoms with Gasteiger partial charge in [0.1, 0.15) is 11.8 Å². The zero-order valence-corrected chi connectivity index (χ0v) is 13.7. The van der Waals surface area contributed by atoms with Crippen LogP contribution in [0, 0.1) is 6.92 Å². The van der Waals surface area contributed by atoms with Gasteiger partial charge in [-0.15, -0.1) is 0 Å². The molecule has 23 heavy (non-hydrogen) atoms. The Labute approximate surface area is 137 Å². The zero-order valence-electron chi connectivity index (χ0n) is 12.9. The van der Waals surface area contributed by atoms with E-state index in [1.165, 1.54) is 19.9 Å². The second-order valence-corrected chi connectivity index (χ2v) is 5.78. The molecule has 0 bridgehead atoms. The lowest BCUT2D eigenvalue weighted by atomic mass is 10.1. The number of carbonyl (C=O) groups excluding carboxylic acids is 3. The minimum Gasteiger partial charge on any atom is -0.480 e. The lowest BCUT2D eigenvalue weighted by Crippen LogP contribution is -2.41. The third-order valence-electron chi connectivity index (χ3n) is 2.67. The van der Waals surface area contributed by atoms with E-state index in [1.54, 1.807) is 19.1 Å². The van der Waals surface area contributed by atoms with Crippen LogP contribution in [0.1, 0.15) is 29.8 Å². The molecular formula is C15H17NO6S. The summed E-state index contributed by atoms with van der Waals surface area (Å²) in [6, 6.07) is 3.57. The van der Waals surface area contributed by atoms with Crippen molar-refractivity contribution >= 4 is 34.7 Å². The summed E-state index contributed by atoms with van der Waals surface area (Å²) in [5.41, 5.74) is 0.979. The van der Waals surface area contributed by atoms with Crippen LogP contribution >= 0.6 is 11.8 Å². The van der Waals surface area contributed by atoms with Crippen molar-refractivity contribution in [3.63, 3.8) is 0 Å². The molecule has 0 aliphatic carbocycles. The molecule has 0 fully saturated rings. The number of aryl methyl sites for hydroxylation is 1. The van der Waals surface area contributed by atoms with Gasteiger partial charge in [-0.25, -0.2) is 4.79 Å². The number of carbonyl (C=O) groups is 4. The minimum absolute atomic E-state index is 0.126. The molecule has 0 aliphatic rings. The van der Waals surface area contributed by atoms with E-state index >= 15 is 0 Å². The molecule has 0 aromatic heterocycles. The molecule has 1 atom stereocenters. The molecule has 7 nitrogen and oxygen atoms in total. The normalized spacial score (nSPS) is 11.4. The lowest BCUT2D eigenvalue weighted by Gasteiger charge is -2.13. The van der Waals surface area contributed by atoms with Crippen LogP contribution < -0.4 is 10.1 Å². The summed E-state index contributed by atoms with van der Waals surface area (Å²) in [6.45, 7) is 4.20. The van der Waals surface area contributed by atoms with E-state index in [0.29, 0.717) is 0 Å². The smallest absolute Gasteiger partial charge is 0.327 e. The molecule has 124 valence electrons. The van der Waals surface area contributed by atoms with Gasteiger partial charge in [-0.1, -0.05) is 17.8 Å². The van der Waals surface area contributed by atoms with Crippen LogP contribution in [0.5, 0.6) is 5.75 Å². The predicted molar refractivity (Wildman–Crippen MR) is 84.5 cm³/mol. The molecule has 0 unspecified atom stereocenters. The minimum atomic E-state index is -1.23. The van der Waals surface area contributed by atoms with Crippen molar-refractivity contribution in [2.75, 3.05) is 5.75 Å². The first kappa shape index (κ1) is 18.7. The molecule has 0 aliphatic heterocycles. The van der Waals surface area contributed by atoms with Crippen molar-refractivity contribution in [2.45, 2.75) is 26.8 Å². The maximum atomic E-state index is 12.2. The number of hydrogen-bond donors (Lipinski definition) is 2. The number of carboxylic acids is 1. The third kappa shape index (κ3) is 6.11. The second kappa shape index (κ2) is 8.33. The van der Waals surface area contributed by atoms with E-state index in [2.05, 4.69) is 5.32 Å². The fraction of sp³-hybridized carbons (Fsp3) is 0.333. The molecule has 1 amide bonds. The largest absolute Gasteiger partial charge is 0.480 e. The Balaban J connectivity index is 2.86. The first-order valence-electron chi connectivity index (χ1n) is 6.66. The molecular weight excluding hydrogens is 322 g/mol. The zero-order chi connectivity index (χ0) is 17.6. The standard InChI is InChI=1S/C15H17NO6S/c1-8-4-5-11(13(6-8)22-10(3)18)15(21)23-7-12(14(19)20)16-9(2)17/h4-6,12H,7H2,1-3H3,(H,16,17)(H,19,20)/t12-/m0/s1. The Kier molecular flexibility index (Phi) is 6.77. The van der Waals surface area contributed by atoms with Gasteiger partial charge in [0.25, 0.3) is 0 Å². The van der Waals surface area contributed by atoms with Crippen molar-refractivity contribution in [3.05, 3.63) is 29.3 Å². The van der Waals surface area contributed by atoms with Crippen molar-refractivity contribution < 1.29 is 29.0 Å². The summed E-state index contributed by atoms with van der Waals surface area (Å²) in [4.78, 5) is 45.3. The van der Waals surface area contributed by atoms with Gasteiger partial charge in [0.2, 0.25) is 11.0 Å². The topological polar surface area (TPSA) is 110 Å². The van der Waals surface area contributed by atoms with Crippen LogP contribution in [0.25, 0.3) is 0 Å². The Hall–Kier alpha value is -2.35. The van der Waals surface area contributed by atoms with Gasteiger partial charge < -0.3 is 15.2 Å². The van der Waals surface area contributed by atoms with Gasteiger partial charge in [-0.3, -0.25) is 14.4 Å². The SMILES string of the molecule is CC(=O)N[C@@H](CSC(=O)c1ccc(C)cc1OC(C)=O)C(=O)O. The van der Waals surface area contributed by atoms with Gasteiger partial charge in [0, 0.05) is 19.6 Å². The summed E-state index contributed by atoms with van der Waals surface area (Å²) in [5.74, 6) is -2.30. The van der Waals surface area contributed by atoms with Crippen molar-refractivity contribution in [2.24, 2.45) is 0 Å². The predicted octanol–water partition coefficient (Wildman–Crippen LogP) is 1.38. The number of thioether (sulfide) groups is 1. The summed E-state index contributed by atoms with van der Waals surface area (Å²) in [6.07, 6.45) is 0. The van der Waals surface area contributed by atoms with E-state index in [9.17, 15) is 19.2 Å². The van der Waals surface area contributed by atoms with Gasteiger partial charge in [0.15, 0.2) is 0 Å². The average Bonchev–Trinajstić information content (AvgIpc) is 2.41. The number of rotatable bonds is 6. The Morgan fingerprint density at radius 2 is 1.91 bits per heavy atom. The number of nitrogens with one attached hydrogen (secondary N) is 1. The summed E-state index contributed by atoms with van der Waals surface area (Å²) >= 11 is 0.729. The van der Waals surface area contributed by atoms with E-state index in [-0.39, 0.29) is 17.1 Å². The maximum Gasteiger partial charge on any atom is 0.327 e. The van der Waals surface area contributed by atoms with Crippen LogP contribution in [0.2, 0.25) is 0 Å². The molecule has 0 saturated heterocycles. The van der Waals surface area contributed by atoms with Crippen LogP contribution in [-0.4, -0.2) is 39.9 Å². The van der Waals surface area contributed by atoms with Gasteiger partial charge >= 0.3 is 11.9 Å². The van der Waals surface area contributed by atoms with Gasteiger partial charge in [0.05, 0.1) is 5.56 Å². The number of benzene rings is 1. The number of ether oxygens (including phenoxy) is 1. The summed E-state index contributed by atoms with van der Waals surface area (Å²) < 4.78 is 5.01. The number of carboxylic acid groups (broad SMARTS) is 1. The molecule has 0 saturated carbocycles. The molecule has 0 radical (unpaired) electrons. The lowest BCUT2D eigenvalue weighted by molar-refractivity contribution is -0.140. The highest BCUT2D eigenvalue weighted by Crippen LogP contribution is 2.25. The number of aliphatic carboxylic acids is 1. The van der Waals surface area contributed by atoms with Crippen LogP contribution in [-0.2, 0) is 14.4 Å². The van der Waals surface area contributed by atoms with Gasteiger partial charge in [-0.2, -0.15) is 0 Å². The number of hydrogen-bond acceptors (Lipinski definition) is 6. The summed E-state index contributed by atoms with van der Waals surface area (Å²) in [5, 5.41) is 10.8. The number of amides is 1. The fourth-order valence-corrected chi connectivity index (χ4v) is 2.56. The molecule has 8 heteroatoms. The molecule has 1 aromatic carbocycles. The molecule has 2 N–H and O–H groups in total. The van der Waals surface area contributed by atoms with E-state index in [1.807, 2.05) is 0 Å². The molecule has 0 heterocycles. The van der Waals surface area contributed by atoms with E-state index in [4.69, 9.17) is 9.84 Å². The second-order valence-electron chi connectivity index (χ2n) is 4.78. The highest BCUT2D eigenvalue weighted by molar-refractivity contribution is 8.14. The first-order valence-corrected chi connectivity index (χ1v) is 7.65. The van der Waals surface area contributed by atoms with E-state index < -0.39 is 29.0 Å². The summed E-state index contributed by atoms with van der Waals surface area (Å²) in [7, 11) is 0. The average molecular weight is 339 g/mol. The first-order chi connectivity index (χ1) is 10.7. The maximum absolute atomic E-state index is 12.2. The highest BCUT2D eigenvalue weighted by Gasteiger charge is 2.22. The quantitative estimate of drug-likeness (QED) is 0.595. The van der Waals surface area contributed by atoms with Crippen molar-refractivity contribution in [3.8, 4) is 5.75 Å². The van der Waals surface area contributed by atoms with Crippen molar-refractivity contribution in [1.82, 2.24) is 5.32 Å². The molecule has 0 spiro atoms. The Morgan fingerprint density at radius 1 is 1.26 bits per heavy atom. The van der Waals surface area contributed by atoms with Gasteiger partial charge in [-0.05, 0) is 24.6 Å². The Morgan fingerprint density at radius 3 is 2.43 bits per heavy atom. The van der Waals surface area contributed by atoms with Crippen molar-refractivity contribution in [1.29, 1.82) is 0 Å². The van der Waals surface area contributed by atoms with Crippen LogP contribution in [0.4, 0.5) is 0 Å². The highest BCUT2D eigenvalue weighted by atomic mass is 32.2. The van der Waals surface area contributed by atoms with E-state index in [0.717, 1.165) is 17.3 Å². The molecule has 1 rings (SSSR count). The monoisotopic (exact) mass is 339 g/mol.